The SMILES string of the molecule is Cc1ccc(CN2CCCN(c3cccc(NC(=O)c4ccc(Cl)cc4)c3)C2=O)cc1C. The first-order valence-electron chi connectivity index (χ1n) is 10.7. The Morgan fingerprint density at radius 1 is 0.969 bits per heavy atom. The highest BCUT2D eigenvalue weighted by atomic mass is 35.5. The lowest BCUT2D eigenvalue weighted by Crippen LogP contribution is -2.49. The molecule has 1 aliphatic rings. The van der Waals surface area contributed by atoms with E-state index in [9.17, 15) is 9.59 Å². The van der Waals surface area contributed by atoms with Crippen LogP contribution in [0.3, 0.4) is 0 Å². The van der Waals surface area contributed by atoms with Crippen LogP contribution in [0.25, 0.3) is 0 Å². The predicted molar refractivity (Wildman–Crippen MR) is 130 cm³/mol. The van der Waals surface area contributed by atoms with Crippen LogP contribution in [0.2, 0.25) is 5.02 Å². The Morgan fingerprint density at radius 2 is 1.75 bits per heavy atom. The van der Waals surface area contributed by atoms with Crippen molar-refractivity contribution in [2.45, 2.75) is 26.8 Å². The van der Waals surface area contributed by atoms with Crippen molar-refractivity contribution < 1.29 is 9.59 Å². The van der Waals surface area contributed by atoms with Gasteiger partial charge in [0.15, 0.2) is 0 Å². The molecule has 3 aromatic carbocycles. The molecular weight excluding hydrogens is 422 g/mol. The highest BCUT2D eigenvalue weighted by molar-refractivity contribution is 6.30. The smallest absolute Gasteiger partial charge is 0.322 e. The van der Waals surface area contributed by atoms with Gasteiger partial charge in [-0.1, -0.05) is 35.9 Å². The van der Waals surface area contributed by atoms with Crippen LogP contribution in [0.15, 0.2) is 66.7 Å². The van der Waals surface area contributed by atoms with E-state index in [4.69, 9.17) is 11.6 Å². The topological polar surface area (TPSA) is 52.6 Å². The molecule has 164 valence electrons. The zero-order valence-corrected chi connectivity index (χ0v) is 19.0. The Kier molecular flexibility index (Phi) is 6.47. The van der Waals surface area contributed by atoms with Crippen molar-refractivity contribution in [2.75, 3.05) is 23.3 Å². The van der Waals surface area contributed by atoms with Crippen LogP contribution in [0.1, 0.15) is 33.5 Å². The maximum Gasteiger partial charge on any atom is 0.324 e. The van der Waals surface area contributed by atoms with Crippen LogP contribution in [0.4, 0.5) is 16.2 Å². The number of urea groups is 1. The number of hydrogen-bond donors (Lipinski definition) is 1. The summed E-state index contributed by atoms with van der Waals surface area (Å²) in [7, 11) is 0. The van der Waals surface area contributed by atoms with Gasteiger partial charge < -0.3 is 10.2 Å². The first-order valence-corrected chi connectivity index (χ1v) is 11.1. The molecule has 0 radical (unpaired) electrons. The molecule has 1 fully saturated rings. The van der Waals surface area contributed by atoms with E-state index in [1.165, 1.54) is 11.1 Å². The van der Waals surface area contributed by atoms with Crippen LogP contribution in [-0.2, 0) is 6.54 Å². The zero-order valence-electron chi connectivity index (χ0n) is 18.3. The largest absolute Gasteiger partial charge is 0.324 e. The number of hydrogen-bond acceptors (Lipinski definition) is 2. The Hall–Kier alpha value is -3.31. The summed E-state index contributed by atoms with van der Waals surface area (Å²) in [6, 6.07) is 20.4. The molecule has 0 aliphatic carbocycles. The third kappa shape index (κ3) is 4.94. The lowest BCUT2D eigenvalue weighted by molar-refractivity contribution is 0.102. The van der Waals surface area contributed by atoms with Gasteiger partial charge >= 0.3 is 6.03 Å². The van der Waals surface area contributed by atoms with E-state index in [0.29, 0.717) is 29.4 Å². The van der Waals surface area contributed by atoms with Crippen molar-refractivity contribution >= 4 is 34.9 Å². The number of anilines is 2. The molecule has 32 heavy (non-hydrogen) atoms. The van der Waals surface area contributed by atoms with Gasteiger partial charge in [-0.15, -0.1) is 0 Å². The van der Waals surface area contributed by atoms with Crippen LogP contribution in [-0.4, -0.2) is 29.9 Å². The van der Waals surface area contributed by atoms with E-state index in [2.05, 4.69) is 37.4 Å². The molecule has 0 bridgehead atoms. The molecule has 3 amide bonds. The number of halogens is 1. The minimum Gasteiger partial charge on any atom is -0.322 e. The average molecular weight is 448 g/mol. The number of nitrogens with zero attached hydrogens (tertiary/aromatic N) is 2. The van der Waals surface area contributed by atoms with Crippen molar-refractivity contribution in [3.63, 3.8) is 0 Å². The minimum atomic E-state index is -0.222. The average Bonchev–Trinajstić information content (AvgIpc) is 2.78. The Bertz CT molecular complexity index is 1140. The molecule has 1 saturated heterocycles. The van der Waals surface area contributed by atoms with E-state index in [1.807, 2.05) is 29.2 Å². The quantitative estimate of drug-likeness (QED) is 0.518. The maximum absolute atomic E-state index is 13.2. The van der Waals surface area contributed by atoms with Crippen molar-refractivity contribution in [3.8, 4) is 0 Å². The van der Waals surface area contributed by atoms with E-state index in [1.54, 1.807) is 29.2 Å². The Morgan fingerprint density at radius 3 is 2.50 bits per heavy atom. The lowest BCUT2D eigenvalue weighted by atomic mass is 10.1. The van der Waals surface area contributed by atoms with Crippen molar-refractivity contribution in [1.29, 1.82) is 0 Å². The molecule has 0 aromatic heterocycles. The van der Waals surface area contributed by atoms with Gasteiger partial charge in [-0.2, -0.15) is 0 Å². The van der Waals surface area contributed by atoms with Crippen LogP contribution in [0, 0.1) is 13.8 Å². The molecule has 0 spiro atoms. The Balaban J connectivity index is 1.47. The van der Waals surface area contributed by atoms with Crippen LogP contribution < -0.4 is 10.2 Å². The molecule has 5 nitrogen and oxygen atoms in total. The van der Waals surface area contributed by atoms with Gasteiger partial charge in [0.1, 0.15) is 0 Å². The van der Waals surface area contributed by atoms with Gasteiger partial charge in [-0.05, 0) is 79.4 Å². The number of aryl methyl sites for hydroxylation is 2. The maximum atomic E-state index is 13.2. The number of rotatable bonds is 5. The van der Waals surface area contributed by atoms with Gasteiger partial charge in [0.25, 0.3) is 5.91 Å². The highest BCUT2D eigenvalue weighted by Crippen LogP contribution is 2.25. The summed E-state index contributed by atoms with van der Waals surface area (Å²) < 4.78 is 0. The van der Waals surface area contributed by atoms with Gasteiger partial charge in [0, 0.05) is 41.6 Å². The fourth-order valence-corrected chi connectivity index (χ4v) is 3.97. The van der Waals surface area contributed by atoms with Crippen LogP contribution >= 0.6 is 11.6 Å². The summed E-state index contributed by atoms with van der Waals surface area (Å²) in [6.07, 6.45) is 0.887. The minimum absolute atomic E-state index is 0.0179. The third-order valence-corrected chi connectivity index (χ3v) is 6.03. The van der Waals surface area contributed by atoms with E-state index in [-0.39, 0.29) is 11.9 Å². The molecule has 4 rings (SSSR count). The molecule has 1 aliphatic heterocycles. The lowest BCUT2D eigenvalue weighted by Gasteiger charge is -2.36. The number of nitrogens with one attached hydrogen (secondary N) is 1. The van der Waals surface area contributed by atoms with E-state index in [0.717, 1.165) is 24.2 Å². The molecule has 1 N–H and O–H groups in total. The Labute approximate surface area is 193 Å². The number of carbonyl (C=O) groups is 2. The molecule has 1 heterocycles. The second-order valence-electron chi connectivity index (χ2n) is 8.14. The number of carbonyl (C=O) groups excluding carboxylic acids is 2. The predicted octanol–water partition coefficient (Wildman–Crippen LogP) is 6.04. The number of benzene rings is 3. The van der Waals surface area contributed by atoms with Crippen molar-refractivity contribution in [3.05, 3.63) is 94.0 Å². The fourth-order valence-electron chi connectivity index (χ4n) is 3.85. The summed E-state index contributed by atoms with van der Waals surface area (Å²) >= 11 is 5.90. The van der Waals surface area contributed by atoms with Gasteiger partial charge in [0.05, 0.1) is 0 Å². The first-order chi connectivity index (χ1) is 15.4. The third-order valence-electron chi connectivity index (χ3n) is 5.78. The molecular formula is C26H26ClN3O2. The monoisotopic (exact) mass is 447 g/mol. The normalized spacial score (nSPS) is 13.9. The molecule has 3 aromatic rings. The summed E-state index contributed by atoms with van der Waals surface area (Å²) in [4.78, 5) is 29.4. The second-order valence-corrected chi connectivity index (χ2v) is 8.58. The summed E-state index contributed by atoms with van der Waals surface area (Å²) in [5.74, 6) is -0.222. The summed E-state index contributed by atoms with van der Waals surface area (Å²) in [5, 5.41) is 3.48. The first kappa shape index (κ1) is 21.9. The van der Waals surface area contributed by atoms with Gasteiger partial charge in [0.2, 0.25) is 0 Å². The van der Waals surface area contributed by atoms with Crippen molar-refractivity contribution in [2.24, 2.45) is 0 Å². The number of amides is 3. The van der Waals surface area contributed by atoms with Crippen LogP contribution in [0.5, 0.6) is 0 Å². The molecule has 6 heteroatoms. The molecule has 0 atom stereocenters. The molecule has 0 unspecified atom stereocenters. The van der Waals surface area contributed by atoms with Gasteiger partial charge in [-0.3, -0.25) is 9.69 Å². The zero-order chi connectivity index (χ0) is 22.7. The standard InChI is InChI=1S/C26H26ClN3O2/c1-18-7-8-20(15-19(18)2)17-29-13-4-14-30(26(29)32)24-6-3-5-23(16-24)28-25(31)21-9-11-22(27)12-10-21/h3,5-12,15-16H,4,13-14,17H2,1-2H3,(H,28,31). The summed E-state index contributed by atoms with van der Waals surface area (Å²) in [6.45, 7) is 6.15. The second kappa shape index (κ2) is 9.45. The highest BCUT2D eigenvalue weighted by Gasteiger charge is 2.27. The van der Waals surface area contributed by atoms with Gasteiger partial charge in [-0.25, -0.2) is 4.79 Å². The van der Waals surface area contributed by atoms with E-state index >= 15 is 0 Å². The fraction of sp³-hybridized carbons (Fsp3) is 0.231. The molecule has 0 saturated carbocycles. The van der Waals surface area contributed by atoms with E-state index < -0.39 is 0 Å². The summed E-state index contributed by atoms with van der Waals surface area (Å²) in [5.41, 5.74) is 5.54. The van der Waals surface area contributed by atoms with Crippen molar-refractivity contribution in [1.82, 2.24) is 4.90 Å².